The summed E-state index contributed by atoms with van der Waals surface area (Å²) < 4.78 is 0. The lowest BCUT2D eigenvalue weighted by Crippen LogP contribution is -2.58. The van der Waals surface area contributed by atoms with E-state index in [9.17, 15) is 34.2 Å². The van der Waals surface area contributed by atoms with Crippen LogP contribution in [0.4, 0.5) is 0 Å². The number of rotatable bonds is 11. The Kier molecular flexibility index (Phi) is 9.44. The Morgan fingerprint density at radius 3 is 2.14 bits per heavy atom. The number of likely N-dealkylation sites (tertiary alicyclic amines) is 1. The molecule has 0 aromatic carbocycles. The number of carbonyl (C=O) groups is 5. The average molecular weight is 418 g/mol. The van der Waals surface area contributed by atoms with Gasteiger partial charge < -0.3 is 41.7 Å². The molecule has 0 spiro atoms. The van der Waals surface area contributed by atoms with E-state index < -0.39 is 73.5 Å². The first-order chi connectivity index (χ1) is 13.6. The third kappa shape index (κ3) is 6.96. The van der Waals surface area contributed by atoms with Crippen LogP contribution < -0.4 is 16.4 Å². The molecule has 29 heavy (non-hydrogen) atoms. The molecule has 1 aliphatic rings. The van der Waals surface area contributed by atoms with Crippen LogP contribution in [-0.2, 0) is 24.0 Å². The fourth-order valence-electron chi connectivity index (χ4n) is 2.84. The van der Waals surface area contributed by atoms with Gasteiger partial charge in [0, 0.05) is 13.0 Å². The maximum absolute atomic E-state index is 12.5. The molecular formula is C16H26N4O9. The molecule has 0 aromatic rings. The number of carboxylic acids is 2. The van der Waals surface area contributed by atoms with E-state index in [0.29, 0.717) is 6.42 Å². The van der Waals surface area contributed by atoms with Crippen molar-refractivity contribution in [1.82, 2.24) is 15.5 Å². The summed E-state index contributed by atoms with van der Waals surface area (Å²) in [4.78, 5) is 59.9. The van der Waals surface area contributed by atoms with Gasteiger partial charge in [0.25, 0.3) is 0 Å². The van der Waals surface area contributed by atoms with Gasteiger partial charge in [-0.15, -0.1) is 0 Å². The SMILES string of the molecule is NC(CO)C(=O)NC(CCC(=O)O)C(=O)NC(CO)C(=O)N1CCCC1C(=O)O. The average Bonchev–Trinajstić information content (AvgIpc) is 3.17. The molecule has 1 fully saturated rings. The molecule has 0 aliphatic carbocycles. The smallest absolute Gasteiger partial charge is 0.326 e. The Morgan fingerprint density at radius 2 is 1.62 bits per heavy atom. The van der Waals surface area contributed by atoms with Crippen molar-refractivity contribution in [3.8, 4) is 0 Å². The molecule has 1 saturated heterocycles. The number of aliphatic hydroxyl groups is 2. The highest BCUT2D eigenvalue weighted by atomic mass is 16.4. The van der Waals surface area contributed by atoms with Crippen LogP contribution in [0.15, 0.2) is 0 Å². The summed E-state index contributed by atoms with van der Waals surface area (Å²) in [6.07, 6.45) is -0.134. The zero-order chi connectivity index (χ0) is 22.1. The van der Waals surface area contributed by atoms with E-state index >= 15 is 0 Å². The lowest BCUT2D eigenvalue weighted by molar-refractivity contribution is -0.150. The van der Waals surface area contributed by atoms with Crippen LogP contribution in [0.1, 0.15) is 25.7 Å². The topological polar surface area (TPSA) is 220 Å². The number of amides is 3. The van der Waals surface area contributed by atoms with Gasteiger partial charge >= 0.3 is 11.9 Å². The molecule has 4 atom stereocenters. The minimum absolute atomic E-state index is 0.146. The highest BCUT2D eigenvalue weighted by Crippen LogP contribution is 2.18. The standard InChI is InChI=1S/C16H26N4O9/c17-8(6-21)13(25)18-9(3-4-12(23)24)14(26)19-10(7-22)15(27)20-5-1-2-11(20)16(28)29/h8-11,21-22H,1-7,17H2,(H,18,25)(H,19,26)(H,23,24)(H,28,29). The molecular weight excluding hydrogens is 392 g/mol. The van der Waals surface area contributed by atoms with Crippen LogP contribution in [0.2, 0.25) is 0 Å². The minimum atomic E-state index is -1.47. The molecule has 1 rings (SSSR count). The first-order valence-electron chi connectivity index (χ1n) is 8.95. The Balaban J connectivity index is 2.87. The van der Waals surface area contributed by atoms with Gasteiger partial charge in [-0.05, 0) is 19.3 Å². The lowest BCUT2D eigenvalue weighted by atomic mass is 10.1. The first kappa shape index (κ1) is 24.3. The number of nitrogens with two attached hydrogens (primary N) is 1. The second-order valence-electron chi connectivity index (χ2n) is 6.55. The second-order valence-corrected chi connectivity index (χ2v) is 6.55. The Hall–Kier alpha value is -2.77. The van der Waals surface area contributed by atoms with Crippen LogP contribution in [0, 0.1) is 0 Å². The van der Waals surface area contributed by atoms with Crippen molar-refractivity contribution in [3.63, 3.8) is 0 Å². The summed E-state index contributed by atoms with van der Waals surface area (Å²) in [5.41, 5.74) is 5.36. The molecule has 0 bridgehead atoms. The number of hydrogen-bond acceptors (Lipinski definition) is 8. The zero-order valence-electron chi connectivity index (χ0n) is 15.6. The van der Waals surface area contributed by atoms with Gasteiger partial charge in [0.1, 0.15) is 24.2 Å². The van der Waals surface area contributed by atoms with Crippen LogP contribution in [0.5, 0.6) is 0 Å². The number of hydrogen-bond donors (Lipinski definition) is 7. The van der Waals surface area contributed by atoms with Crippen LogP contribution in [0.3, 0.4) is 0 Å². The summed E-state index contributed by atoms with van der Waals surface area (Å²) in [6, 6.07) is -5.28. The number of aliphatic carboxylic acids is 2. The van der Waals surface area contributed by atoms with Crippen LogP contribution >= 0.6 is 0 Å². The number of nitrogens with zero attached hydrogens (tertiary/aromatic N) is 1. The predicted octanol–water partition coefficient (Wildman–Crippen LogP) is -3.79. The molecule has 1 aliphatic heterocycles. The van der Waals surface area contributed by atoms with Gasteiger partial charge in [-0.2, -0.15) is 0 Å². The molecule has 3 amide bonds. The van der Waals surface area contributed by atoms with E-state index in [1.165, 1.54) is 0 Å². The number of carbonyl (C=O) groups excluding carboxylic acids is 3. The molecule has 1 heterocycles. The predicted molar refractivity (Wildman–Crippen MR) is 95.2 cm³/mol. The minimum Gasteiger partial charge on any atom is -0.481 e. The monoisotopic (exact) mass is 418 g/mol. The molecule has 8 N–H and O–H groups in total. The molecule has 4 unspecified atom stereocenters. The summed E-state index contributed by atoms with van der Waals surface area (Å²) in [5, 5.41) is 40.8. The Labute approximate surface area is 165 Å². The van der Waals surface area contributed by atoms with E-state index in [4.69, 9.17) is 15.9 Å². The van der Waals surface area contributed by atoms with Gasteiger partial charge in [-0.1, -0.05) is 0 Å². The number of carboxylic acid groups (broad SMARTS) is 2. The zero-order valence-corrected chi connectivity index (χ0v) is 15.6. The molecule has 0 radical (unpaired) electrons. The summed E-state index contributed by atoms with van der Waals surface area (Å²) in [5.74, 6) is -5.11. The highest BCUT2D eigenvalue weighted by molar-refractivity contribution is 5.94. The molecule has 13 nitrogen and oxygen atoms in total. The molecule has 13 heteroatoms. The maximum atomic E-state index is 12.5. The van der Waals surface area contributed by atoms with E-state index in [-0.39, 0.29) is 19.4 Å². The first-order valence-corrected chi connectivity index (χ1v) is 8.95. The van der Waals surface area contributed by atoms with Crippen molar-refractivity contribution in [2.45, 2.75) is 49.9 Å². The van der Waals surface area contributed by atoms with Crippen molar-refractivity contribution < 1.29 is 44.4 Å². The van der Waals surface area contributed by atoms with Crippen LogP contribution in [-0.4, -0.2) is 98.9 Å². The molecule has 0 aromatic heterocycles. The van der Waals surface area contributed by atoms with Crippen molar-refractivity contribution in [1.29, 1.82) is 0 Å². The number of aliphatic hydroxyl groups excluding tert-OH is 2. The van der Waals surface area contributed by atoms with Crippen molar-refractivity contribution in [2.75, 3.05) is 19.8 Å². The second kappa shape index (κ2) is 11.3. The lowest BCUT2D eigenvalue weighted by Gasteiger charge is -2.27. The highest BCUT2D eigenvalue weighted by Gasteiger charge is 2.38. The molecule has 0 saturated carbocycles. The van der Waals surface area contributed by atoms with Crippen molar-refractivity contribution in [3.05, 3.63) is 0 Å². The van der Waals surface area contributed by atoms with Gasteiger partial charge in [0.15, 0.2) is 0 Å². The van der Waals surface area contributed by atoms with E-state index in [0.717, 1.165) is 4.90 Å². The Bertz CT molecular complexity index is 642. The third-order valence-electron chi connectivity index (χ3n) is 4.43. The van der Waals surface area contributed by atoms with Crippen molar-refractivity contribution in [2.24, 2.45) is 5.73 Å². The maximum Gasteiger partial charge on any atom is 0.326 e. The fraction of sp³-hybridized carbons (Fsp3) is 0.688. The summed E-state index contributed by atoms with van der Waals surface area (Å²) in [7, 11) is 0. The van der Waals surface area contributed by atoms with Gasteiger partial charge in [-0.25, -0.2) is 4.79 Å². The van der Waals surface area contributed by atoms with Crippen molar-refractivity contribution >= 4 is 29.7 Å². The summed E-state index contributed by atoms with van der Waals surface area (Å²) >= 11 is 0. The summed E-state index contributed by atoms with van der Waals surface area (Å²) in [6.45, 7) is -1.39. The fourth-order valence-corrected chi connectivity index (χ4v) is 2.84. The van der Waals surface area contributed by atoms with E-state index in [2.05, 4.69) is 10.6 Å². The largest absolute Gasteiger partial charge is 0.481 e. The quantitative estimate of drug-likeness (QED) is 0.173. The number of nitrogens with one attached hydrogen (secondary N) is 2. The van der Waals surface area contributed by atoms with Gasteiger partial charge in [-0.3, -0.25) is 19.2 Å². The normalized spacial score (nSPS) is 19.1. The van der Waals surface area contributed by atoms with Gasteiger partial charge in [0.05, 0.1) is 13.2 Å². The Morgan fingerprint density at radius 1 is 1.00 bits per heavy atom. The molecule has 164 valence electrons. The van der Waals surface area contributed by atoms with Gasteiger partial charge in [0.2, 0.25) is 17.7 Å². The third-order valence-corrected chi connectivity index (χ3v) is 4.43. The van der Waals surface area contributed by atoms with E-state index in [1.54, 1.807) is 0 Å². The van der Waals surface area contributed by atoms with E-state index in [1.807, 2.05) is 0 Å². The van der Waals surface area contributed by atoms with Crippen LogP contribution in [0.25, 0.3) is 0 Å².